The number of nitrogens with zero attached hydrogens (tertiary/aromatic N) is 1. The summed E-state index contributed by atoms with van der Waals surface area (Å²) in [6, 6.07) is 0.0254. The van der Waals surface area contributed by atoms with Crippen molar-refractivity contribution in [3.63, 3.8) is 0 Å². The number of methoxy groups -OCH3 is 1. The predicted molar refractivity (Wildman–Crippen MR) is 66.2 cm³/mol. The molecule has 0 saturated carbocycles. The maximum atomic E-state index is 11.4. The molecule has 2 unspecified atom stereocenters. The fourth-order valence-corrected chi connectivity index (χ4v) is 2.35. The Morgan fingerprint density at radius 1 is 1.39 bits per heavy atom. The number of alkyl carbamates (subject to hydrolysis) is 1. The molecule has 2 atom stereocenters. The van der Waals surface area contributed by atoms with E-state index in [0.29, 0.717) is 13.0 Å². The Morgan fingerprint density at radius 3 is 2.72 bits per heavy atom. The van der Waals surface area contributed by atoms with Gasteiger partial charge in [0.05, 0.1) is 13.7 Å². The molecule has 1 rings (SSSR count). The molecule has 1 amide bonds. The van der Waals surface area contributed by atoms with Crippen LogP contribution in [0.15, 0.2) is 0 Å². The first-order valence-corrected chi connectivity index (χ1v) is 6.23. The quantitative estimate of drug-likeness (QED) is 0.749. The minimum absolute atomic E-state index is 0.0254. The van der Waals surface area contributed by atoms with E-state index >= 15 is 0 Å². The molecule has 6 heteroatoms. The molecule has 1 saturated heterocycles. The van der Waals surface area contributed by atoms with E-state index in [0.717, 1.165) is 19.5 Å². The van der Waals surface area contributed by atoms with Gasteiger partial charge < -0.3 is 19.7 Å². The number of carbonyl (C=O) groups excluding carboxylic acids is 2. The summed E-state index contributed by atoms with van der Waals surface area (Å²) in [5.74, 6) is 0.00770. The van der Waals surface area contributed by atoms with Crippen LogP contribution >= 0.6 is 0 Å². The normalized spacial score (nSPS) is 24.4. The van der Waals surface area contributed by atoms with Crippen LogP contribution in [0.4, 0.5) is 4.79 Å². The second-order valence-electron chi connectivity index (χ2n) is 4.66. The van der Waals surface area contributed by atoms with Gasteiger partial charge >= 0.3 is 12.1 Å². The van der Waals surface area contributed by atoms with E-state index in [-0.39, 0.29) is 17.9 Å². The van der Waals surface area contributed by atoms with E-state index in [1.54, 1.807) is 6.92 Å². The number of ether oxygens (including phenoxy) is 2. The lowest BCUT2D eigenvalue weighted by atomic mass is 9.92. The number of amides is 1. The number of likely N-dealkylation sites (tertiary alicyclic amines) is 1. The maximum absolute atomic E-state index is 11.4. The van der Waals surface area contributed by atoms with Crippen molar-refractivity contribution in [1.82, 2.24) is 10.2 Å². The fraction of sp³-hybridized carbons (Fsp3) is 0.833. The highest BCUT2D eigenvalue weighted by Crippen LogP contribution is 2.19. The highest BCUT2D eigenvalue weighted by molar-refractivity contribution is 5.69. The Labute approximate surface area is 108 Å². The number of rotatable bonds is 4. The van der Waals surface area contributed by atoms with Crippen molar-refractivity contribution in [2.24, 2.45) is 5.92 Å². The third-order valence-corrected chi connectivity index (χ3v) is 3.00. The van der Waals surface area contributed by atoms with E-state index in [9.17, 15) is 9.59 Å². The van der Waals surface area contributed by atoms with Gasteiger partial charge in [-0.15, -0.1) is 0 Å². The van der Waals surface area contributed by atoms with Crippen LogP contribution in [0.1, 0.15) is 19.8 Å². The number of hydrogen-bond donors (Lipinski definition) is 1. The Kier molecular flexibility index (Phi) is 5.91. The summed E-state index contributed by atoms with van der Waals surface area (Å²) >= 11 is 0. The molecule has 6 nitrogen and oxygen atoms in total. The van der Waals surface area contributed by atoms with Crippen molar-refractivity contribution in [2.75, 3.05) is 33.9 Å². The van der Waals surface area contributed by atoms with Gasteiger partial charge in [-0.3, -0.25) is 4.79 Å². The third-order valence-electron chi connectivity index (χ3n) is 3.00. The lowest BCUT2D eigenvalue weighted by Gasteiger charge is -2.35. The van der Waals surface area contributed by atoms with Crippen molar-refractivity contribution < 1.29 is 19.1 Å². The van der Waals surface area contributed by atoms with Crippen LogP contribution < -0.4 is 5.32 Å². The van der Waals surface area contributed by atoms with Gasteiger partial charge in [0.2, 0.25) is 0 Å². The highest BCUT2D eigenvalue weighted by Gasteiger charge is 2.28. The number of piperidine rings is 1. The molecule has 0 spiro atoms. The van der Waals surface area contributed by atoms with E-state index < -0.39 is 6.09 Å². The van der Waals surface area contributed by atoms with Crippen LogP contribution in [-0.4, -0.2) is 56.9 Å². The number of esters is 1. The summed E-state index contributed by atoms with van der Waals surface area (Å²) < 4.78 is 9.53. The van der Waals surface area contributed by atoms with Crippen molar-refractivity contribution in [3.8, 4) is 0 Å². The lowest BCUT2D eigenvalue weighted by Crippen LogP contribution is -2.49. The molecule has 1 aliphatic heterocycles. The molecule has 1 heterocycles. The second kappa shape index (κ2) is 7.20. The van der Waals surface area contributed by atoms with Crippen molar-refractivity contribution in [2.45, 2.75) is 25.8 Å². The van der Waals surface area contributed by atoms with Crippen LogP contribution in [0, 0.1) is 5.92 Å². The summed E-state index contributed by atoms with van der Waals surface area (Å²) in [5.41, 5.74) is 0. The average Bonchev–Trinajstić information content (AvgIpc) is 2.28. The molecule has 0 aromatic rings. The molecule has 1 fully saturated rings. The first-order valence-electron chi connectivity index (χ1n) is 6.23. The standard InChI is InChI=1S/C12H22N2O4/c1-4-18-12(16)13-10-5-9(6-11(15)17-3)7-14(2)8-10/h9-10H,4-8H2,1-3H3,(H,13,16). The largest absolute Gasteiger partial charge is 0.469 e. The van der Waals surface area contributed by atoms with Gasteiger partial charge in [-0.1, -0.05) is 0 Å². The van der Waals surface area contributed by atoms with Gasteiger partial charge in [-0.25, -0.2) is 4.79 Å². The van der Waals surface area contributed by atoms with Gasteiger partial charge in [-0.2, -0.15) is 0 Å². The number of carbonyl (C=O) groups is 2. The Bertz CT molecular complexity index is 296. The van der Waals surface area contributed by atoms with Crippen molar-refractivity contribution in [1.29, 1.82) is 0 Å². The summed E-state index contributed by atoms with van der Waals surface area (Å²) in [6.07, 6.45) is 0.773. The fourth-order valence-electron chi connectivity index (χ4n) is 2.35. The maximum Gasteiger partial charge on any atom is 0.407 e. The summed E-state index contributed by atoms with van der Waals surface area (Å²) in [6.45, 7) is 3.75. The minimum Gasteiger partial charge on any atom is -0.469 e. The van der Waals surface area contributed by atoms with Crippen molar-refractivity contribution in [3.05, 3.63) is 0 Å². The molecule has 1 N–H and O–H groups in total. The molecule has 0 aromatic heterocycles. The van der Waals surface area contributed by atoms with Gasteiger partial charge in [-0.05, 0) is 26.3 Å². The Morgan fingerprint density at radius 2 is 2.11 bits per heavy atom. The van der Waals surface area contributed by atoms with Crippen LogP contribution in [0.5, 0.6) is 0 Å². The molecule has 1 aliphatic rings. The van der Waals surface area contributed by atoms with E-state index in [1.165, 1.54) is 7.11 Å². The minimum atomic E-state index is -0.394. The third kappa shape index (κ3) is 4.91. The molecule has 0 aromatic carbocycles. The zero-order valence-electron chi connectivity index (χ0n) is 11.3. The SMILES string of the molecule is CCOC(=O)NC1CC(CC(=O)OC)CN(C)C1. The molecule has 0 radical (unpaired) electrons. The zero-order chi connectivity index (χ0) is 13.5. The average molecular weight is 258 g/mol. The predicted octanol–water partition coefficient (Wildman–Crippen LogP) is 0.616. The second-order valence-corrected chi connectivity index (χ2v) is 4.66. The van der Waals surface area contributed by atoms with Crippen LogP contribution in [0.2, 0.25) is 0 Å². The molecule has 18 heavy (non-hydrogen) atoms. The Balaban J connectivity index is 2.44. The number of hydrogen-bond acceptors (Lipinski definition) is 5. The summed E-state index contributed by atoms with van der Waals surface area (Å²) in [4.78, 5) is 24.7. The monoisotopic (exact) mass is 258 g/mol. The molecule has 0 aliphatic carbocycles. The highest BCUT2D eigenvalue weighted by atomic mass is 16.5. The van der Waals surface area contributed by atoms with E-state index in [4.69, 9.17) is 4.74 Å². The van der Waals surface area contributed by atoms with Crippen LogP contribution in [0.3, 0.4) is 0 Å². The smallest absolute Gasteiger partial charge is 0.407 e. The van der Waals surface area contributed by atoms with Crippen molar-refractivity contribution >= 4 is 12.1 Å². The Hall–Kier alpha value is -1.30. The van der Waals surface area contributed by atoms with Gasteiger partial charge in [0.1, 0.15) is 0 Å². The zero-order valence-corrected chi connectivity index (χ0v) is 11.3. The lowest BCUT2D eigenvalue weighted by molar-refractivity contribution is -0.142. The summed E-state index contributed by atoms with van der Waals surface area (Å²) in [7, 11) is 3.37. The summed E-state index contributed by atoms with van der Waals surface area (Å²) in [5, 5.41) is 2.82. The molecule has 104 valence electrons. The van der Waals surface area contributed by atoms with Gasteiger partial charge in [0, 0.05) is 25.6 Å². The number of likely N-dealkylation sites (N-methyl/N-ethyl adjacent to an activating group) is 1. The van der Waals surface area contributed by atoms with E-state index in [2.05, 4.69) is 15.0 Å². The number of nitrogens with one attached hydrogen (secondary N) is 1. The first kappa shape index (κ1) is 14.8. The van der Waals surface area contributed by atoms with Gasteiger partial charge in [0.25, 0.3) is 0 Å². The first-order chi connectivity index (χ1) is 8.55. The topological polar surface area (TPSA) is 67.9 Å². The van der Waals surface area contributed by atoms with Crippen LogP contribution in [-0.2, 0) is 14.3 Å². The molecular formula is C12H22N2O4. The van der Waals surface area contributed by atoms with Gasteiger partial charge in [0.15, 0.2) is 0 Å². The van der Waals surface area contributed by atoms with E-state index in [1.807, 2.05) is 7.05 Å². The molecule has 0 bridgehead atoms. The molecular weight excluding hydrogens is 236 g/mol. The van der Waals surface area contributed by atoms with Crippen LogP contribution in [0.25, 0.3) is 0 Å².